The minimum atomic E-state index is -0.494. The lowest BCUT2D eigenvalue weighted by molar-refractivity contribution is 0.306. The first-order valence-corrected chi connectivity index (χ1v) is 6.68. The average molecular weight is 300 g/mol. The highest BCUT2D eigenvalue weighted by atomic mass is 19.1. The van der Waals surface area contributed by atoms with Crippen molar-refractivity contribution in [1.29, 1.82) is 0 Å². The van der Waals surface area contributed by atoms with E-state index in [0.29, 0.717) is 11.3 Å². The van der Waals surface area contributed by atoms with E-state index in [1.807, 2.05) is 0 Å². The van der Waals surface area contributed by atoms with E-state index in [-0.39, 0.29) is 23.6 Å². The molecule has 2 aromatic carbocycles. The summed E-state index contributed by atoms with van der Waals surface area (Å²) in [5.74, 6) is -0.0639. The fourth-order valence-electron chi connectivity index (χ4n) is 2.11. The van der Waals surface area contributed by atoms with Crippen LogP contribution in [0, 0.1) is 12.7 Å². The summed E-state index contributed by atoms with van der Waals surface area (Å²) in [6.45, 7) is 1.77. The van der Waals surface area contributed by atoms with Gasteiger partial charge in [0.1, 0.15) is 29.5 Å². The van der Waals surface area contributed by atoms with Crippen LogP contribution in [0.3, 0.4) is 0 Å². The molecular formula is C17H13FO4. The van der Waals surface area contributed by atoms with Crippen LogP contribution in [0.25, 0.3) is 11.0 Å². The molecule has 0 atom stereocenters. The predicted molar refractivity (Wildman–Crippen MR) is 79.6 cm³/mol. The molecule has 0 radical (unpaired) electrons. The minimum Gasteiger partial charge on any atom is -0.502 e. The zero-order valence-electron chi connectivity index (χ0n) is 11.8. The first kappa shape index (κ1) is 14.1. The van der Waals surface area contributed by atoms with Gasteiger partial charge in [0.25, 0.3) is 0 Å². The topological polar surface area (TPSA) is 59.7 Å². The summed E-state index contributed by atoms with van der Waals surface area (Å²) in [6, 6.07) is 10.8. The number of halogens is 1. The van der Waals surface area contributed by atoms with E-state index in [1.165, 1.54) is 25.1 Å². The van der Waals surface area contributed by atoms with Gasteiger partial charge in [-0.25, -0.2) is 4.39 Å². The largest absolute Gasteiger partial charge is 0.502 e. The lowest BCUT2D eigenvalue weighted by atomic mass is 10.2. The summed E-state index contributed by atoms with van der Waals surface area (Å²) in [6.07, 6.45) is 0. The normalized spacial score (nSPS) is 10.8. The molecule has 1 aromatic heterocycles. The summed E-state index contributed by atoms with van der Waals surface area (Å²) >= 11 is 0. The molecule has 1 heterocycles. The monoisotopic (exact) mass is 300 g/mol. The summed E-state index contributed by atoms with van der Waals surface area (Å²) in [5.41, 5.74) is 0.695. The molecule has 0 amide bonds. The van der Waals surface area contributed by atoms with Crippen molar-refractivity contribution >= 4 is 11.0 Å². The van der Waals surface area contributed by atoms with Gasteiger partial charge >= 0.3 is 0 Å². The summed E-state index contributed by atoms with van der Waals surface area (Å²) in [7, 11) is 0. The van der Waals surface area contributed by atoms with Crippen molar-refractivity contribution in [3.8, 4) is 11.5 Å². The number of hydrogen-bond acceptors (Lipinski definition) is 4. The van der Waals surface area contributed by atoms with Crippen molar-refractivity contribution in [2.45, 2.75) is 13.5 Å². The van der Waals surface area contributed by atoms with Gasteiger partial charge in [0, 0.05) is 0 Å². The first-order chi connectivity index (χ1) is 10.5. The Morgan fingerprint density at radius 2 is 1.91 bits per heavy atom. The summed E-state index contributed by atoms with van der Waals surface area (Å²) < 4.78 is 23.8. The van der Waals surface area contributed by atoms with E-state index in [9.17, 15) is 14.3 Å². The van der Waals surface area contributed by atoms with Crippen molar-refractivity contribution in [2.24, 2.45) is 0 Å². The predicted octanol–water partition coefficient (Wildman–Crippen LogP) is 3.53. The zero-order valence-corrected chi connectivity index (χ0v) is 11.8. The van der Waals surface area contributed by atoms with Crippen LogP contribution in [0.5, 0.6) is 11.5 Å². The maximum atomic E-state index is 12.8. The third-order valence-electron chi connectivity index (χ3n) is 3.33. The molecule has 0 saturated carbocycles. The molecule has 0 saturated heterocycles. The van der Waals surface area contributed by atoms with Gasteiger partial charge in [-0.3, -0.25) is 4.79 Å². The number of hydrogen-bond donors (Lipinski definition) is 1. The standard InChI is InChI=1S/C17H13FO4/c1-10-16(19)17(20)14-8-13(6-7-15(14)22-10)21-9-11-2-4-12(18)5-3-11/h2-8,19H,9H2,1H3. The second kappa shape index (κ2) is 5.52. The van der Waals surface area contributed by atoms with Crippen molar-refractivity contribution < 1.29 is 18.7 Å². The van der Waals surface area contributed by atoms with Gasteiger partial charge in [0.05, 0.1) is 5.39 Å². The number of aromatic hydroxyl groups is 1. The van der Waals surface area contributed by atoms with Gasteiger partial charge in [-0.1, -0.05) is 12.1 Å². The third-order valence-corrected chi connectivity index (χ3v) is 3.33. The Labute approximate surface area is 125 Å². The molecule has 0 unspecified atom stereocenters. The van der Waals surface area contributed by atoms with E-state index < -0.39 is 11.2 Å². The lowest BCUT2D eigenvalue weighted by Crippen LogP contribution is -2.03. The summed E-state index contributed by atoms with van der Waals surface area (Å²) in [4.78, 5) is 12.0. The molecule has 3 rings (SSSR count). The zero-order chi connectivity index (χ0) is 15.7. The van der Waals surface area contributed by atoms with E-state index in [0.717, 1.165) is 5.56 Å². The van der Waals surface area contributed by atoms with Gasteiger partial charge in [-0.05, 0) is 42.8 Å². The molecule has 112 valence electrons. The van der Waals surface area contributed by atoms with Crippen LogP contribution < -0.4 is 10.2 Å². The van der Waals surface area contributed by atoms with Crippen LogP contribution in [0.1, 0.15) is 11.3 Å². The first-order valence-electron chi connectivity index (χ1n) is 6.68. The van der Waals surface area contributed by atoms with Crippen LogP contribution in [-0.4, -0.2) is 5.11 Å². The van der Waals surface area contributed by atoms with Gasteiger partial charge < -0.3 is 14.3 Å². The van der Waals surface area contributed by atoms with Gasteiger partial charge in [0.2, 0.25) is 11.2 Å². The molecule has 0 aliphatic carbocycles. The van der Waals surface area contributed by atoms with Crippen LogP contribution in [0.4, 0.5) is 4.39 Å². The Balaban J connectivity index is 1.89. The van der Waals surface area contributed by atoms with E-state index in [4.69, 9.17) is 9.15 Å². The van der Waals surface area contributed by atoms with E-state index >= 15 is 0 Å². The summed E-state index contributed by atoms with van der Waals surface area (Å²) in [5, 5.41) is 9.90. The van der Waals surface area contributed by atoms with Gasteiger partial charge in [-0.15, -0.1) is 0 Å². The van der Waals surface area contributed by atoms with Crippen molar-refractivity contribution in [3.63, 3.8) is 0 Å². The Hall–Kier alpha value is -2.82. The molecule has 5 heteroatoms. The number of benzene rings is 2. The maximum absolute atomic E-state index is 12.8. The second-order valence-electron chi connectivity index (χ2n) is 4.91. The number of aryl methyl sites for hydroxylation is 1. The van der Waals surface area contributed by atoms with Crippen LogP contribution in [0.2, 0.25) is 0 Å². The third kappa shape index (κ3) is 2.65. The molecule has 0 spiro atoms. The fourth-order valence-corrected chi connectivity index (χ4v) is 2.11. The maximum Gasteiger partial charge on any atom is 0.234 e. The van der Waals surface area contributed by atoms with Crippen LogP contribution in [-0.2, 0) is 6.61 Å². The number of rotatable bonds is 3. The highest BCUT2D eigenvalue weighted by Crippen LogP contribution is 2.23. The Morgan fingerprint density at radius 3 is 2.64 bits per heavy atom. The molecule has 4 nitrogen and oxygen atoms in total. The molecule has 3 aromatic rings. The smallest absolute Gasteiger partial charge is 0.234 e. The molecular weight excluding hydrogens is 287 g/mol. The van der Waals surface area contributed by atoms with Gasteiger partial charge in [-0.2, -0.15) is 0 Å². The second-order valence-corrected chi connectivity index (χ2v) is 4.91. The van der Waals surface area contributed by atoms with E-state index in [2.05, 4.69) is 0 Å². The highest BCUT2D eigenvalue weighted by Gasteiger charge is 2.11. The molecule has 0 bridgehead atoms. The van der Waals surface area contributed by atoms with Crippen LogP contribution in [0.15, 0.2) is 51.7 Å². The SMILES string of the molecule is Cc1oc2ccc(OCc3ccc(F)cc3)cc2c(=O)c1O. The molecule has 22 heavy (non-hydrogen) atoms. The Bertz CT molecular complexity index is 882. The Kier molecular flexibility index (Phi) is 3.55. The van der Waals surface area contributed by atoms with Crippen molar-refractivity contribution in [2.75, 3.05) is 0 Å². The quantitative estimate of drug-likeness (QED) is 0.804. The number of ether oxygens (including phenoxy) is 1. The molecule has 1 N–H and O–H groups in total. The van der Waals surface area contributed by atoms with Crippen molar-refractivity contribution in [1.82, 2.24) is 0 Å². The minimum absolute atomic E-state index is 0.178. The highest BCUT2D eigenvalue weighted by molar-refractivity contribution is 5.79. The average Bonchev–Trinajstić information content (AvgIpc) is 2.52. The Morgan fingerprint density at radius 1 is 1.18 bits per heavy atom. The van der Waals surface area contributed by atoms with Crippen LogP contribution >= 0.6 is 0 Å². The lowest BCUT2D eigenvalue weighted by Gasteiger charge is -2.08. The molecule has 0 fully saturated rings. The molecule has 0 aliphatic rings. The molecule has 0 aliphatic heterocycles. The van der Waals surface area contributed by atoms with E-state index in [1.54, 1.807) is 24.3 Å². The number of fused-ring (bicyclic) bond motifs is 1. The van der Waals surface area contributed by atoms with Gasteiger partial charge in [0.15, 0.2) is 0 Å². The fraction of sp³-hybridized carbons (Fsp3) is 0.118. The van der Waals surface area contributed by atoms with Crippen molar-refractivity contribution in [3.05, 3.63) is 69.8 Å².